The van der Waals surface area contributed by atoms with Crippen LogP contribution in [-0.2, 0) is 28.7 Å². The molecular weight excluding hydrogens is 586 g/mol. The molecule has 1 aliphatic heterocycles. The number of hydrogen-bond donors (Lipinski definition) is 2. The van der Waals surface area contributed by atoms with Crippen molar-refractivity contribution in [3.63, 3.8) is 0 Å². The van der Waals surface area contributed by atoms with Crippen molar-refractivity contribution in [2.24, 2.45) is 50.2 Å². The first-order chi connectivity index (χ1) is 21.4. The maximum Gasteiger partial charge on any atom is 0.313 e. The number of carbonyl (C=O) groups is 4. The van der Waals surface area contributed by atoms with Gasteiger partial charge in [-0.2, -0.15) is 0 Å². The Morgan fingerprint density at radius 3 is 2.24 bits per heavy atom. The highest BCUT2D eigenvalue weighted by Gasteiger charge is 2.72. The second kappa shape index (κ2) is 11.1. The Balaban J connectivity index is 1.30. The molecule has 1 heterocycles. The van der Waals surface area contributed by atoms with Crippen LogP contribution >= 0.6 is 0 Å². The van der Waals surface area contributed by atoms with Crippen molar-refractivity contribution in [3.05, 3.63) is 11.6 Å². The lowest BCUT2D eigenvalue weighted by Gasteiger charge is -2.70. The van der Waals surface area contributed by atoms with Crippen LogP contribution in [0, 0.1) is 50.2 Å². The number of allylic oxidation sites excluding steroid dienone is 2. The zero-order chi connectivity index (χ0) is 33.5. The number of hydrogen-bond acceptors (Lipinski definition) is 7. The zero-order valence-electron chi connectivity index (χ0n) is 28.8. The van der Waals surface area contributed by atoms with Gasteiger partial charge in [-0.15, -0.1) is 0 Å². The molecule has 0 aromatic rings. The van der Waals surface area contributed by atoms with Crippen LogP contribution in [0.1, 0.15) is 106 Å². The zero-order valence-corrected chi connectivity index (χ0v) is 28.8. The minimum Gasteiger partial charge on any atom is -0.481 e. The van der Waals surface area contributed by atoms with E-state index >= 15 is 0 Å². The maximum atomic E-state index is 14.6. The lowest BCUT2D eigenvalue weighted by molar-refractivity contribution is -0.221. The van der Waals surface area contributed by atoms with Crippen LogP contribution in [0.2, 0.25) is 0 Å². The van der Waals surface area contributed by atoms with Gasteiger partial charge in [-0.25, -0.2) is 0 Å². The molecule has 4 saturated carbocycles. The van der Waals surface area contributed by atoms with E-state index in [0.29, 0.717) is 58.3 Å². The highest BCUT2D eigenvalue weighted by atomic mass is 16.5. The quantitative estimate of drug-likeness (QED) is 0.348. The van der Waals surface area contributed by atoms with Crippen molar-refractivity contribution in [1.29, 1.82) is 0 Å². The predicted octanol–water partition coefficient (Wildman–Crippen LogP) is 5.75. The second-order valence-electron chi connectivity index (χ2n) is 17.4. The number of ketones is 1. The van der Waals surface area contributed by atoms with Gasteiger partial charge in [-0.1, -0.05) is 33.3 Å². The van der Waals surface area contributed by atoms with Crippen LogP contribution in [0.3, 0.4) is 0 Å². The highest BCUT2D eigenvalue weighted by molar-refractivity contribution is 5.96. The smallest absolute Gasteiger partial charge is 0.313 e. The van der Waals surface area contributed by atoms with Crippen LogP contribution in [0.5, 0.6) is 0 Å². The Morgan fingerprint density at radius 1 is 0.913 bits per heavy atom. The summed E-state index contributed by atoms with van der Waals surface area (Å²) in [6.45, 7) is 16.0. The first-order valence-electron chi connectivity index (χ1n) is 17.7. The van der Waals surface area contributed by atoms with Crippen LogP contribution in [0.4, 0.5) is 0 Å². The number of fused-ring (bicyclic) bond motifs is 7. The van der Waals surface area contributed by atoms with E-state index in [1.54, 1.807) is 6.92 Å². The van der Waals surface area contributed by atoms with Gasteiger partial charge < -0.3 is 19.7 Å². The van der Waals surface area contributed by atoms with Crippen LogP contribution < -0.4 is 0 Å². The Bertz CT molecular complexity index is 1340. The van der Waals surface area contributed by atoms with E-state index in [0.717, 1.165) is 37.9 Å². The fourth-order valence-corrected chi connectivity index (χ4v) is 11.8. The van der Waals surface area contributed by atoms with Crippen molar-refractivity contribution in [2.45, 2.75) is 112 Å². The van der Waals surface area contributed by atoms with Gasteiger partial charge in [-0.05, 0) is 111 Å². The van der Waals surface area contributed by atoms with Crippen molar-refractivity contribution in [1.82, 2.24) is 4.90 Å². The highest BCUT2D eigenvalue weighted by Crippen LogP contribution is 2.75. The monoisotopic (exact) mass is 641 g/mol. The molecule has 9 nitrogen and oxygen atoms in total. The molecule has 256 valence electrons. The van der Waals surface area contributed by atoms with E-state index in [2.05, 4.69) is 32.6 Å². The Kier molecular flexibility index (Phi) is 8.15. The summed E-state index contributed by atoms with van der Waals surface area (Å²) in [6.07, 6.45) is 7.69. The third-order valence-corrected chi connectivity index (χ3v) is 15.2. The van der Waals surface area contributed by atoms with Crippen molar-refractivity contribution < 1.29 is 38.9 Å². The minimum absolute atomic E-state index is 0.0313. The number of rotatable bonds is 6. The molecule has 1 saturated heterocycles. The van der Waals surface area contributed by atoms with Crippen LogP contribution in [0.15, 0.2) is 11.6 Å². The van der Waals surface area contributed by atoms with E-state index in [1.807, 2.05) is 13.0 Å². The SMILES string of the molecule is C[C@]1(C(=O)O)CC[C@]2(C)CC[C@]3(C)C(=CC(=O)[C@@H]4[C@@]5(C)CC[C@H](OC(=O)CCN6CCOCC6)[C@@](C)(C(=O)O)[C@@H]5CC[C@]43C)[C@@H]2C1. The normalized spacial score (nSPS) is 47.3. The molecule has 6 aliphatic rings. The lowest BCUT2D eigenvalue weighted by atomic mass is 9.33. The molecule has 9 heteroatoms. The Hall–Kier alpha value is -2.26. The van der Waals surface area contributed by atoms with Gasteiger partial charge in [0.25, 0.3) is 0 Å². The number of aliphatic carboxylic acids is 2. The van der Waals surface area contributed by atoms with Crippen molar-refractivity contribution in [2.75, 3.05) is 32.8 Å². The molecule has 2 N–H and O–H groups in total. The summed E-state index contributed by atoms with van der Waals surface area (Å²) in [6, 6.07) is 0. The summed E-state index contributed by atoms with van der Waals surface area (Å²) in [7, 11) is 0. The van der Waals surface area contributed by atoms with E-state index < -0.39 is 34.3 Å². The van der Waals surface area contributed by atoms with E-state index in [1.165, 1.54) is 0 Å². The van der Waals surface area contributed by atoms with Gasteiger partial charge in [0.15, 0.2) is 5.78 Å². The minimum atomic E-state index is -1.31. The summed E-state index contributed by atoms with van der Waals surface area (Å²) < 4.78 is 11.4. The summed E-state index contributed by atoms with van der Waals surface area (Å²) in [5.74, 6) is -2.67. The number of ether oxygens (including phenoxy) is 2. The Morgan fingerprint density at radius 2 is 1.59 bits per heavy atom. The van der Waals surface area contributed by atoms with Crippen molar-refractivity contribution in [3.8, 4) is 0 Å². The maximum absolute atomic E-state index is 14.6. The fraction of sp³-hybridized carbons (Fsp3) is 0.838. The molecule has 46 heavy (non-hydrogen) atoms. The topological polar surface area (TPSA) is 130 Å². The molecule has 0 bridgehead atoms. The number of nitrogens with zero attached hydrogens (tertiary/aromatic N) is 1. The second-order valence-corrected chi connectivity index (χ2v) is 17.4. The fourth-order valence-electron chi connectivity index (χ4n) is 11.8. The molecule has 5 aliphatic carbocycles. The summed E-state index contributed by atoms with van der Waals surface area (Å²) in [4.78, 5) is 55.5. The van der Waals surface area contributed by atoms with Crippen LogP contribution in [0.25, 0.3) is 0 Å². The van der Waals surface area contributed by atoms with E-state index in [9.17, 15) is 29.4 Å². The van der Waals surface area contributed by atoms with Crippen LogP contribution in [-0.4, -0.2) is 77.8 Å². The third kappa shape index (κ3) is 4.75. The van der Waals surface area contributed by atoms with E-state index in [-0.39, 0.29) is 52.2 Å². The molecule has 6 rings (SSSR count). The van der Waals surface area contributed by atoms with Crippen molar-refractivity contribution >= 4 is 23.7 Å². The lowest BCUT2D eigenvalue weighted by Crippen LogP contribution is -2.68. The first-order valence-corrected chi connectivity index (χ1v) is 17.7. The predicted molar refractivity (Wildman–Crippen MR) is 171 cm³/mol. The van der Waals surface area contributed by atoms with E-state index in [4.69, 9.17) is 9.47 Å². The number of carboxylic acid groups (broad SMARTS) is 2. The standard InChI is InChI=1S/C37H55NO8/c1-32-12-13-33(2,30(41)42)22-24(32)23-21-25(39)29-34(3)10-8-27(46-28(40)9-16-38-17-19-45-20-18-38)37(6,31(43)44)26(34)7-11-36(29,5)35(23,4)15-14-32/h21,24,26-27,29H,7-20,22H2,1-6H3,(H,41,42)(H,43,44)/t24-,26+,27-,29+,32+,33-,34-,35+,36+,37-/m0/s1. The number of carboxylic acids is 2. The molecule has 0 radical (unpaired) electrons. The summed E-state index contributed by atoms with van der Waals surface area (Å²) >= 11 is 0. The molecule has 0 amide bonds. The summed E-state index contributed by atoms with van der Waals surface area (Å²) in [5, 5.41) is 21.0. The number of carbonyl (C=O) groups excluding carboxylic acids is 2. The number of esters is 1. The van der Waals surface area contributed by atoms with Gasteiger partial charge >= 0.3 is 17.9 Å². The average Bonchev–Trinajstić information content (AvgIpc) is 3.00. The van der Waals surface area contributed by atoms with Gasteiger partial charge in [0.1, 0.15) is 11.5 Å². The number of morpholine rings is 1. The van der Waals surface area contributed by atoms with Gasteiger partial charge in [0.05, 0.1) is 25.0 Å². The molecule has 0 spiro atoms. The summed E-state index contributed by atoms with van der Waals surface area (Å²) in [5.41, 5.74) is -2.27. The molecule has 10 atom stereocenters. The molecule has 0 aromatic heterocycles. The van der Waals surface area contributed by atoms with Gasteiger partial charge in [0, 0.05) is 25.6 Å². The van der Waals surface area contributed by atoms with Gasteiger partial charge in [0.2, 0.25) is 0 Å². The largest absolute Gasteiger partial charge is 0.481 e. The Labute approximate surface area is 273 Å². The van der Waals surface area contributed by atoms with Gasteiger partial charge in [-0.3, -0.25) is 24.1 Å². The molecule has 0 unspecified atom stereocenters. The molecular formula is C37H55NO8. The molecule has 5 fully saturated rings. The average molecular weight is 642 g/mol. The first kappa shape index (κ1) is 33.6. The molecule has 0 aromatic carbocycles. The third-order valence-electron chi connectivity index (χ3n) is 15.2.